The molecule has 2 rings (SSSR count). The first-order chi connectivity index (χ1) is 8.15. The minimum atomic E-state index is -2.96. The summed E-state index contributed by atoms with van der Waals surface area (Å²) in [6.45, 7) is -0.576. The fourth-order valence-electron chi connectivity index (χ4n) is 1.52. The van der Waals surface area contributed by atoms with Gasteiger partial charge in [-0.25, -0.2) is 0 Å². The molecule has 1 saturated heterocycles. The molecular weight excluding hydrogens is 234 g/mol. The summed E-state index contributed by atoms with van der Waals surface area (Å²) in [5.74, 6) is 0.564. The minimum Gasteiger partial charge on any atom is -0.401 e. The number of morpholine rings is 1. The van der Waals surface area contributed by atoms with Crippen LogP contribution in [-0.4, -0.2) is 42.9 Å². The third kappa shape index (κ3) is 3.13. The standard InChI is InChI=1S/C9H12F2N4O2/c10-8(11)17-9-13-6(12)5-7(14-9)15-1-3-16-4-2-15/h5,8H,1-4H2,(H2,12,13,14). The highest BCUT2D eigenvalue weighted by atomic mass is 19.3. The summed E-state index contributed by atoms with van der Waals surface area (Å²) >= 11 is 0. The van der Waals surface area contributed by atoms with Crippen molar-refractivity contribution < 1.29 is 18.3 Å². The van der Waals surface area contributed by atoms with Gasteiger partial charge in [-0.3, -0.25) is 0 Å². The zero-order chi connectivity index (χ0) is 12.3. The second-order valence-corrected chi connectivity index (χ2v) is 3.41. The lowest BCUT2D eigenvalue weighted by molar-refractivity contribution is -0.0559. The molecule has 0 saturated carbocycles. The molecule has 1 aliphatic heterocycles. The van der Waals surface area contributed by atoms with Gasteiger partial charge in [-0.15, -0.1) is 0 Å². The fourth-order valence-corrected chi connectivity index (χ4v) is 1.52. The minimum absolute atomic E-state index is 0.0946. The quantitative estimate of drug-likeness (QED) is 0.837. The molecule has 2 heterocycles. The van der Waals surface area contributed by atoms with Gasteiger partial charge >= 0.3 is 12.6 Å². The van der Waals surface area contributed by atoms with Crippen LogP contribution in [-0.2, 0) is 4.74 Å². The van der Waals surface area contributed by atoms with Crippen LogP contribution in [0.5, 0.6) is 6.01 Å². The maximum atomic E-state index is 12.0. The van der Waals surface area contributed by atoms with Gasteiger partial charge in [-0.05, 0) is 0 Å². The Morgan fingerprint density at radius 2 is 2.06 bits per heavy atom. The van der Waals surface area contributed by atoms with Crippen molar-refractivity contribution in [1.82, 2.24) is 9.97 Å². The number of alkyl halides is 2. The molecule has 6 nitrogen and oxygen atoms in total. The lowest BCUT2D eigenvalue weighted by Crippen LogP contribution is -2.36. The topological polar surface area (TPSA) is 73.5 Å². The Kier molecular flexibility index (Phi) is 3.52. The van der Waals surface area contributed by atoms with Crippen LogP contribution in [0.15, 0.2) is 6.07 Å². The van der Waals surface area contributed by atoms with Gasteiger partial charge in [0.2, 0.25) is 0 Å². The molecule has 0 spiro atoms. The van der Waals surface area contributed by atoms with Crippen molar-refractivity contribution in [2.24, 2.45) is 0 Å². The predicted octanol–water partition coefficient (Wildman–Crippen LogP) is 0.497. The molecule has 94 valence electrons. The van der Waals surface area contributed by atoms with E-state index in [1.807, 2.05) is 4.90 Å². The van der Waals surface area contributed by atoms with Crippen LogP contribution >= 0.6 is 0 Å². The summed E-state index contributed by atoms with van der Waals surface area (Å²) in [6, 6.07) is 1.10. The summed E-state index contributed by atoms with van der Waals surface area (Å²) in [4.78, 5) is 9.32. The third-order valence-corrected chi connectivity index (χ3v) is 2.24. The summed E-state index contributed by atoms with van der Waals surface area (Å²) in [7, 11) is 0. The Morgan fingerprint density at radius 1 is 1.35 bits per heavy atom. The molecule has 0 aromatic carbocycles. The van der Waals surface area contributed by atoms with Crippen LogP contribution in [0, 0.1) is 0 Å². The maximum absolute atomic E-state index is 12.0. The average Bonchev–Trinajstić information content (AvgIpc) is 2.28. The number of rotatable bonds is 3. The molecule has 17 heavy (non-hydrogen) atoms. The Labute approximate surface area is 96.3 Å². The molecule has 0 atom stereocenters. The number of hydrogen-bond donors (Lipinski definition) is 1. The van der Waals surface area contributed by atoms with Crippen LogP contribution in [0.4, 0.5) is 20.4 Å². The molecule has 2 N–H and O–H groups in total. The van der Waals surface area contributed by atoms with Gasteiger partial charge in [0.25, 0.3) is 0 Å². The molecule has 0 aliphatic carbocycles. The van der Waals surface area contributed by atoms with E-state index in [-0.39, 0.29) is 5.82 Å². The lowest BCUT2D eigenvalue weighted by atomic mass is 10.4. The van der Waals surface area contributed by atoms with E-state index >= 15 is 0 Å². The van der Waals surface area contributed by atoms with E-state index in [0.29, 0.717) is 32.1 Å². The zero-order valence-electron chi connectivity index (χ0n) is 8.97. The fraction of sp³-hybridized carbons (Fsp3) is 0.556. The van der Waals surface area contributed by atoms with Gasteiger partial charge in [-0.2, -0.15) is 18.7 Å². The summed E-state index contributed by atoms with van der Waals surface area (Å²) in [5.41, 5.74) is 5.51. The van der Waals surface area contributed by atoms with Gasteiger partial charge in [0.15, 0.2) is 0 Å². The second-order valence-electron chi connectivity index (χ2n) is 3.41. The van der Waals surface area contributed by atoms with Gasteiger partial charge in [-0.1, -0.05) is 0 Å². The highest BCUT2D eigenvalue weighted by Gasteiger charge is 2.16. The van der Waals surface area contributed by atoms with Gasteiger partial charge in [0.05, 0.1) is 13.2 Å². The monoisotopic (exact) mass is 246 g/mol. The lowest BCUT2D eigenvalue weighted by Gasteiger charge is -2.27. The largest absolute Gasteiger partial charge is 0.401 e. The molecule has 0 bridgehead atoms. The molecule has 1 fully saturated rings. The van der Waals surface area contributed by atoms with Crippen molar-refractivity contribution in [2.45, 2.75) is 6.61 Å². The number of ether oxygens (including phenoxy) is 2. The first kappa shape index (κ1) is 11.8. The van der Waals surface area contributed by atoms with E-state index in [1.54, 1.807) is 0 Å². The van der Waals surface area contributed by atoms with Gasteiger partial charge in [0.1, 0.15) is 11.6 Å². The molecule has 1 aliphatic rings. The Bertz CT molecular complexity index is 385. The van der Waals surface area contributed by atoms with Crippen LogP contribution in [0.1, 0.15) is 0 Å². The first-order valence-electron chi connectivity index (χ1n) is 5.07. The van der Waals surface area contributed by atoms with Gasteiger partial charge < -0.3 is 20.1 Å². The Morgan fingerprint density at radius 3 is 2.71 bits per heavy atom. The smallest absolute Gasteiger partial charge is 0.389 e. The third-order valence-electron chi connectivity index (χ3n) is 2.24. The predicted molar refractivity (Wildman–Crippen MR) is 56.1 cm³/mol. The van der Waals surface area contributed by atoms with Crippen LogP contribution in [0.2, 0.25) is 0 Å². The summed E-state index contributed by atoms with van der Waals surface area (Å²) in [5, 5.41) is 0. The Balaban J connectivity index is 2.18. The number of hydrogen-bond acceptors (Lipinski definition) is 6. The SMILES string of the molecule is Nc1cc(N2CCOCC2)nc(OC(F)F)n1. The van der Waals surface area contributed by atoms with Crippen molar-refractivity contribution in [3.05, 3.63) is 6.07 Å². The van der Waals surface area contributed by atoms with Crippen molar-refractivity contribution in [1.29, 1.82) is 0 Å². The van der Waals surface area contributed by atoms with Crippen molar-refractivity contribution in [2.75, 3.05) is 36.9 Å². The molecule has 1 aromatic heterocycles. The number of nitrogen functional groups attached to an aromatic ring is 1. The van der Waals surface area contributed by atoms with E-state index < -0.39 is 12.6 Å². The van der Waals surface area contributed by atoms with Crippen LogP contribution in [0.3, 0.4) is 0 Å². The number of aromatic nitrogens is 2. The van der Waals surface area contributed by atoms with E-state index in [1.165, 1.54) is 6.07 Å². The molecule has 0 radical (unpaired) electrons. The van der Waals surface area contributed by atoms with E-state index in [4.69, 9.17) is 10.5 Å². The van der Waals surface area contributed by atoms with Crippen molar-refractivity contribution >= 4 is 11.6 Å². The molecule has 8 heteroatoms. The second kappa shape index (κ2) is 5.09. The van der Waals surface area contributed by atoms with E-state index in [0.717, 1.165) is 0 Å². The normalized spacial score (nSPS) is 16.3. The Hall–Kier alpha value is -1.70. The highest BCUT2D eigenvalue weighted by Crippen LogP contribution is 2.19. The van der Waals surface area contributed by atoms with Crippen LogP contribution < -0.4 is 15.4 Å². The molecule has 0 amide bonds. The maximum Gasteiger partial charge on any atom is 0.389 e. The highest BCUT2D eigenvalue weighted by molar-refractivity contribution is 5.48. The molecule has 0 unspecified atom stereocenters. The zero-order valence-corrected chi connectivity index (χ0v) is 8.97. The number of anilines is 2. The first-order valence-corrected chi connectivity index (χ1v) is 5.07. The van der Waals surface area contributed by atoms with Crippen molar-refractivity contribution in [3.8, 4) is 6.01 Å². The number of halogens is 2. The van der Waals surface area contributed by atoms with E-state index in [9.17, 15) is 8.78 Å². The summed E-state index contributed by atoms with van der Waals surface area (Å²) < 4.78 is 33.4. The van der Waals surface area contributed by atoms with Gasteiger partial charge in [0, 0.05) is 19.2 Å². The van der Waals surface area contributed by atoms with Crippen LogP contribution in [0.25, 0.3) is 0 Å². The number of nitrogens with two attached hydrogens (primary N) is 1. The average molecular weight is 246 g/mol. The summed E-state index contributed by atoms with van der Waals surface area (Å²) in [6.07, 6.45) is 0. The van der Waals surface area contributed by atoms with E-state index in [2.05, 4.69) is 14.7 Å². The number of nitrogens with zero attached hydrogens (tertiary/aromatic N) is 3. The van der Waals surface area contributed by atoms with Crippen molar-refractivity contribution in [3.63, 3.8) is 0 Å². The molecular formula is C9H12F2N4O2. The molecule has 1 aromatic rings.